The molecule has 0 bridgehead atoms. The summed E-state index contributed by atoms with van der Waals surface area (Å²) < 4.78 is 5.55. The summed E-state index contributed by atoms with van der Waals surface area (Å²) in [6.07, 6.45) is 4.04. The van der Waals surface area contributed by atoms with Crippen molar-refractivity contribution >= 4 is 0 Å². The number of piperidine rings is 1. The molecule has 1 heterocycles. The van der Waals surface area contributed by atoms with Crippen molar-refractivity contribution in [2.45, 2.75) is 39.2 Å². The highest BCUT2D eigenvalue weighted by molar-refractivity contribution is 5.36. The molecule has 1 aromatic rings. The molecule has 1 aliphatic heterocycles. The molecule has 0 aliphatic carbocycles. The Hall–Kier alpha value is -1.06. The van der Waals surface area contributed by atoms with Crippen LogP contribution in [-0.2, 0) is 0 Å². The molecule has 0 saturated carbocycles. The summed E-state index contributed by atoms with van der Waals surface area (Å²) in [5.74, 6) is 1.87. The molecular formula is C18H30N2O. The molecule has 118 valence electrons. The minimum atomic E-state index is 0.349. The standard InChI is InChI=1S/C18H30N2O/c1-4-15-9-8-12-20(13-15)14-17(19-5-2)16-10-6-7-11-18(16)21-3/h6-7,10-11,15,17,19H,4-5,8-9,12-14H2,1-3H3. The number of ether oxygens (including phenoxy) is 1. The van der Waals surface area contributed by atoms with Crippen LogP contribution in [-0.4, -0.2) is 38.2 Å². The lowest BCUT2D eigenvalue weighted by atomic mass is 9.94. The lowest BCUT2D eigenvalue weighted by molar-refractivity contribution is 0.156. The van der Waals surface area contributed by atoms with Crippen LogP contribution in [0.15, 0.2) is 24.3 Å². The van der Waals surface area contributed by atoms with Crippen molar-refractivity contribution in [3.8, 4) is 5.75 Å². The van der Waals surface area contributed by atoms with Crippen LogP contribution < -0.4 is 10.1 Å². The van der Waals surface area contributed by atoms with Crippen LogP contribution >= 0.6 is 0 Å². The van der Waals surface area contributed by atoms with E-state index in [1.165, 1.54) is 37.9 Å². The Labute approximate surface area is 129 Å². The van der Waals surface area contributed by atoms with E-state index >= 15 is 0 Å². The summed E-state index contributed by atoms with van der Waals surface area (Å²) in [6.45, 7) is 9.02. The number of likely N-dealkylation sites (tertiary alicyclic amines) is 1. The predicted octanol–water partition coefficient (Wildman–Crippen LogP) is 3.47. The first-order valence-electron chi connectivity index (χ1n) is 8.37. The van der Waals surface area contributed by atoms with Gasteiger partial charge in [-0.25, -0.2) is 0 Å². The van der Waals surface area contributed by atoms with Crippen molar-refractivity contribution in [1.29, 1.82) is 0 Å². The van der Waals surface area contributed by atoms with Crippen molar-refractivity contribution in [3.05, 3.63) is 29.8 Å². The van der Waals surface area contributed by atoms with Crippen LogP contribution in [0.25, 0.3) is 0 Å². The molecule has 0 aromatic heterocycles. The Morgan fingerprint density at radius 1 is 1.33 bits per heavy atom. The Morgan fingerprint density at radius 2 is 2.14 bits per heavy atom. The van der Waals surface area contributed by atoms with Gasteiger partial charge in [0.05, 0.1) is 7.11 Å². The van der Waals surface area contributed by atoms with E-state index in [0.717, 1.165) is 24.8 Å². The van der Waals surface area contributed by atoms with Gasteiger partial charge >= 0.3 is 0 Å². The first-order valence-corrected chi connectivity index (χ1v) is 8.37. The maximum absolute atomic E-state index is 5.55. The summed E-state index contributed by atoms with van der Waals surface area (Å²) in [5.41, 5.74) is 1.28. The van der Waals surface area contributed by atoms with Gasteiger partial charge in [0, 0.05) is 24.7 Å². The minimum Gasteiger partial charge on any atom is -0.496 e. The second-order valence-corrected chi connectivity index (χ2v) is 6.03. The van der Waals surface area contributed by atoms with Gasteiger partial charge in [-0.15, -0.1) is 0 Å². The highest BCUT2D eigenvalue weighted by Gasteiger charge is 2.23. The third-order valence-corrected chi connectivity index (χ3v) is 4.59. The number of hydrogen-bond donors (Lipinski definition) is 1. The number of para-hydroxylation sites is 1. The van der Waals surface area contributed by atoms with E-state index in [-0.39, 0.29) is 0 Å². The normalized spacial score (nSPS) is 21.2. The third-order valence-electron chi connectivity index (χ3n) is 4.59. The van der Waals surface area contributed by atoms with E-state index < -0.39 is 0 Å². The zero-order valence-corrected chi connectivity index (χ0v) is 13.8. The largest absolute Gasteiger partial charge is 0.496 e. The number of benzene rings is 1. The molecule has 1 N–H and O–H groups in total. The number of likely N-dealkylation sites (N-methyl/N-ethyl adjacent to an activating group) is 1. The van der Waals surface area contributed by atoms with Crippen LogP contribution in [0.2, 0.25) is 0 Å². The quantitative estimate of drug-likeness (QED) is 0.832. The molecule has 0 spiro atoms. The molecule has 3 nitrogen and oxygen atoms in total. The third kappa shape index (κ3) is 4.45. The van der Waals surface area contributed by atoms with Gasteiger partial charge in [-0.2, -0.15) is 0 Å². The van der Waals surface area contributed by atoms with E-state index in [1.807, 2.05) is 6.07 Å². The summed E-state index contributed by atoms with van der Waals surface area (Å²) in [5, 5.41) is 3.63. The number of hydrogen-bond acceptors (Lipinski definition) is 3. The summed E-state index contributed by atoms with van der Waals surface area (Å²) in [4.78, 5) is 2.62. The van der Waals surface area contributed by atoms with Crippen molar-refractivity contribution in [3.63, 3.8) is 0 Å². The zero-order valence-electron chi connectivity index (χ0n) is 13.8. The fraction of sp³-hybridized carbons (Fsp3) is 0.667. The summed E-state index contributed by atoms with van der Waals surface area (Å²) in [7, 11) is 1.76. The van der Waals surface area contributed by atoms with Crippen molar-refractivity contribution in [2.75, 3.05) is 33.3 Å². The highest BCUT2D eigenvalue weighted by atomic mass is 16.5. The van der Waals surface area contributed by atoms with Crippen molar-refractivity contribution in [1.82, 2.24) is 10.2 Å². The van der Waals surface area contributed by atoms with Crippen LogP contribution in [0.1, 0.15) is 44.7 Å². The lowest BCUT2D eigenvalue weighted by Crippen LogP contribution is -2.41. The smallest absolute Gasteiger partial charge is 0.123 e. The Kier molecular flexibility index (Phi) is 6.52. The first kappa shape index (κ1) is 16.3. The zero-order chi connectivity index (χ0) is 15.1. The molecule has 2 atom stereocenters. The molecule has 2 unspecified atom stereocenters. The van der Waals surface area contributed by atoms with Crippen LogP contribution in [0.4, 0.5) is 0 Å². The topological polar surface area (TPSA) is 24.5 Å². The molecule has 21 heavy (non-hydrogen) atoms. The summed E-state index contributed by atoms with van der Waals surface area (Å²) in [6, 6.07) is 8.74. The maximum atomic E-state index is 5.55. The lowest BCUT2D eigenvalue weighted by Gasteiger charge is -2.35. The van der Waals surface area contributed by atoms with E-state index in [9.17, 15) is 0 Å². The Bertz CT molecular complexity index is 421. The van der Waals surface area contributed by atoms with Gasteiger partial charge < -0.3 is 15.0 Å². The second kappa shape index (κ2) is 8.40. The first-order chi connectivity index (χ1) is 10.3. The number of nitrogens with zero attached hydrogens (tertiary/aromatic N) is 1. The summed E-state index contributed by atoms with van der Waals surface area (Å²) >= 11 is 0. The van der Waals surface area contributed by atoms with Gasteiger partial charge in [-0.3, -0.25) is 0 Å². The van der Waals surface area contributed by atoms with Gasteiger partial charge in [0.1, 0.15) is 5.75 Å². The molecule has 2 rings (SSSR count). The second-order valence-electron chi connectivity index (χ2n) is 6.03. The Balaban J connectivity index is 2.08. The van der Waals surface area contributed by atoms with Gasteiger partial charge in [0.25, 0.3) is 0 Å². The fourth-order valence-electron chi connectivity index (χ4n) is 3.38. The SMILES string of the molecule is CCNC(CN1CCCC(CC)C1)c1ccccc1OC. The molecule has 1 saturated heterocycles. The minimum absolute atomic E-state index is 0.349. The average Bonchev–Trinajstić information content (AvgIpc) is 2.54. The average molecular weight is 290 g/mol. The fourth-order valence-corrected chi connectivity index (χ4v) is 3.38. The van der Waals surface area contributed by atoms with E-state index in [0.29, 0.717) is 6.04 Å². The van der Waals surface area contributed by atoms with E-state index in [1.54, 1.807) is 7.11 Å². The number of nitrogens with one attached hydrogen (secondary N) is 1. The van der Waals surface area contributed by atoms with Gasteiger partial charge in [0.15, 0.2) is 0 Å². The van der Waals surface area contributed by atoms with E-state index in [2.05, 4.69) is 42.3 Å². The molecule has 1 fully saturated rings. The van der Waals surface area contributed by atoms with Crippen molar-refractivity contribution < 1.29 is 4.74 Å². The molecule has 1 aliphatic rings. The number of rotatable bonds is 7. The number of methoxy groups -OCH3 is 1. The van der Waals surface area contributed by atoms with Crippen LogP contribution in [0, 0.1) is 5.92 Å². The van der Waals surface area contributed by atoms with Crippen LogP contribution in [0.5, 0.6) is 5.75 Å². The Morgan fingerprint density at radius 3 is 2.86 bits per heavy atom. The van der Waals surface area contributed by atoms with Crippen molar-refractivity contribution in [2.24, 2.45) is 5.92 Å². The molecular weight excluding hydrogens is 260 g/mol. The highest BCUT2D eigenvalue weighted by Crippen LogP contribution is 2.27. The van der Waals surface area contributed by atoms with Crippen LogP contribution in [0.3, 0.4) is 0 Å². The van der Waals surface area contributed by atoms with Gasteiger partial charge in [-0.05, 0) is 37.9 Å². The van der Waals surface area contributed by atoms with Gasteiger partial charge in [0.2, 0.25) is 0 Å². The molecule has 1 aromatic carbocycles. The van der Waals surface area contributed by atoms with E-state index in [4.69, 9.17) is 4.74 Å². The molecule has 3 heteroatoms. The molecule has 0 amide bonds. The predicted molar refractivity (Wildman–Crippen MR) is 88.9 cm³/mol. The monoisotopic (exact) mass is 290 g/mol. The maximum Gasteiger partial charge on any atom is 0.123 e. The van der Waals surface area contributed by atoms with Gasteiger partial charge in [-0.1, -0.05) is 38.5 Å². The molecule has 0 radical (unpaired) electrons.